The topological polar surface area (TPSA) is 29.1 Å². The van der Waals surface area contributed by atoms with Gasteiger partial charge in [0.05, 0.1) is 0 Å². The number of hydrogen-bond acceptors (Lipinski definition) is 2. The average Bonchev–Trinajstić information content (AvgIpc) is 1.82. The molecular weight excluding hydrogens is 150 g/mol. The number of ketones is 1. The Bertz CT molecular complexity index is 187. The van der Waals surface area contributed by atoms with E-state index in [-0.39, 0.29) is 11.3 Å². The highest BCUT2D eigenvalue weighted by atomic mass is 16.1. The van der Waals surface area contributed by atoms with Crippen LogP contribution in [0.25, 0.3) is 0 Å². The van der Waals surface area contributed by atoms with E-state index in [9.17, 15) is 4.79 Å². The Balaban J connectivity index is 4.28. The maximum absolute atomic E-state index is 10.8. The summed E-state index contributed by atoms with van der Waals surface area (Å²) >= 11 is 0. The van der Waals surface area contributed by atoms with Crippen molar-refractivity contribution >= 4 is 5.78 Å². The number of carbonyl (C=O) groups is 1. The van der Waals surface area contributed by atoms with Crippen molar-refractivity contribution in [3.8, 4) is 0 Å². The molecule has 0 radical (unpaired) electrons. The van der Waals surface area contributed by atoms with E-state index in [1.807, 2.05) is 6.92 Å². The molecule has 2 nitrogen and oxygen atoms in total. The molecule has 0 bridgehead atoms. The highest BCUT2D eigenvalue weighted by molar-refractivity contribution is 5.87. The van der Waals surface area contributed by atoms with Gasteiger partial charge >= 0.3 is 0 Å². The monoisotopic (exact) mass is 169 g/mol. The molecule has 0 saturated heterocycles. The maximum Gasteiger partial charge on any atom is 0.154 e. The summed E-state index contributed by atoms with van der Waals surface area (Å²) in [5, 5.41) is 3.28. The molecule has 0 atom stereocenters. The van der Waals surface area contributed by atoms with Crippen LogP contribution in [-0.2, 0) is 4.79 Å². The Morgan fingerprint density at radius 1 is 1.42 bits per heavy atom. The molecule has 0 aromatic heterocycles. The number of rotatable bonds is 3. The second-order valence-electron chi connectivity index (χ2n) is 4.01. The first kappa shape index (κ1) is 11.2. The summed E-state index contributed by atoms with van der Waals surface area (Å²) in [6.45, 7) is 9.84. The fraction of sp³-hybridized carbons (Fsp3) is 0.700. The lowest BCUT2D eigenvalue weighted by Gasteiger charge is -2.23. The normalized spacial score (nSPS) is 12.9. The van der Waals surface area contributed by atoms with E-state index in [1.54, 1.807) is 13.0 Å². The minimum Gasteiger partial charge on any atom is -0.384 e. The van der Waals surface area contributed by atoms with Gasteiger partial charge in [-0.3, -0.25) is 4.79 Å². The van der Waals surface area contributed by atoms with Crippen LogP contribution in [0.4, 0.5) is 0 Å². The third-order valence-electron chi connectivity index (χ3n) is 1.29. The molecule has 0 unspecified atom stereocenters. The van der Waals surface area contributed by atoms with Crippen LogP contribution < -0.4 is 5.32 Å². The van der Waals surface area contributed by atoms with Crippen molar-refractivity contribution in [3.05, 3.63) is 11.8 Å². The summed E-state index contributed by atoms with van der Waals surface area (Å²) in [5.74, 6) is 0.101. The summed E-state index contributed by atoms with van der Waals surface area (Å²) in [5.41, 5.74) is 1.05. The van der Waals surface area contributed by atoms with E-state index in [4.69, 9.17) is 0 Å². The van der Waals surface area contributed by atoms with Crippen molar-refractivity contribution in [2.75, 3.05) is 0 Å². The summed E-state index contributed by atoms with van der Waals surface area (Å²) < 4.78 is 0. The first-order valence-electron chi connectivity index (χ1n) is 4.34. The zero-order chi connectivity index (χ0) is 9.78. The maximum atomic E-state index is 10.8. The second kappa shape index (κ2) is 4.29. The van der Waals surface area contributed by atoms with E-state index in [0.29, 0.717) is 0 Å². The van der Waals surface area contributed by atoms with Gasteiger partial charge in [0.25, 0.3) is 0 Å². The van der Waals surface area contributed by atoms with Crippen LogP contribution in [-0.4, -0.2) is 11.3 Å². The SMILES string of the molecule is CC/C(=C/C(C)=O)NC(C)(C)C. The Labute approximate surface area is 75.0 Å². The summed E-state index contributed by atoms with van der Waals surface area (Å²) in [6, 6.07) is 0. The van der Waals surface area contributed by atoms with Gasteiger partial charge in [0, 0.05) is 11.2 Å². The standard InChI is InChI=1S/C10H19NO/c1-6-9(7-8(2)12)11-10(3,4)5/h7,11H,6H2,1-5H3/b9-7-. The van der Waals surface area contributed by atoms with Gasteiger partial charge in [0.1, 0.15) is 0 Å². The molecule has 0 aliphatic rings. The number of carbonyl (C=O) groups excluding carboxylic acids is 1. The smallest absolute Gasteiger partial charge is 0.154 e. The Morgan fingerprint density at radius 3 is 2.17 bits per heavy atom. The van der Waals surface area contributed by atoms with Gasteiger partial charge in [-0.05, 0) is 40.2 Å². The predicted octanol–water partition coefficient (Wildman–Crippen LogP) is 2.26. The fourth-order valence-electron chi connectivity index (χ4n) is 0.954. The highest BCUT2D eigenvalue weighted by Crippen LogP contribution is 2.06. The van der Waals surface area contributed by atoms with E-state index in [0.717, 1.165) is 12.1 Å². The number of hydrogen-bond donors (Lipinski definition) is 1. The zero-order valence-electron chi connectivity index (χ0n) is 8.69. The molecule has 0 saturated carbocycles. The molecule has 12 heavy (non-hydrogen) atoms. The molecule has 0 aliphatic heterocycles. The van der Waals surface area contributed by atoms with Crippen LogP contribution >= 0.6 is 0 Å². The van der Waals surface area contributed by atoms with Crippen LogP contribution in [0, 0.1) is 0 Å². The minimum absolute atomic E-state index is 0.0390. The van der Waals surface area contributed by atoms with Crippen LogP contribution in [0.15, 0.2) is 11.8 Å². The van der Waals surface area contributed by atoms with Crippen molar-refractivity contribution in [3.63, 3.8) is 0 Å². The molecule has 0 aliphatic carbocycles. The summed E-state index contributed by atoms with van der Waals surface area (Å²) in [6.07, 6.45) is 2.53. The quantitative estimate of drug-likeness (QED) is 0.656. The largest absolute Gasteiger partial charge is 0.384 e. The van der Waals surface area contributed by atoms with Gasteiger partial charge in [-0.15, -0.1) is 0 Å². The molecule has 70 valence electrons. The highest BCUT2D eigenvalue weighted by Gasteiger charge is 2.09. The molecule has 0 heterocycles. The Morgan fingerprint density at radius 2 is 1.92 bits per heavy atom. The van der Waals surface area contributed by atoms with Gasteiger partial charge in [0.2, 0.25) is 0 Å². The van der Waals surface area contributed by atoms with Crippen LogP contribution in [0.5, 0.6) is 0 Å². The van der Waals surface area contributed by atoms with Crippen LogP contribution in [0.1, 0.15) is 41.0 Å². The molecule has 2 heteroatoms. The molecule has 0 aromatic carbocycles. The van der Waals surface area contributed by atoms with Crippen molar-refractivity contribution in [2.45, 2.75) is 46.6 Å². The predicted molar refractivity (Wildman–Crippen MR) is 51.9 cm³/mol. The first-order chi connectivity index (χ1) is 5.35. The van der Waals surface area contributed by atoms with Crippen molar-refractivity contribution in [1.82, 2.24) is 5.32 Å². The number of allylic oxidation sites excluding steroid dienone is 2. The molecular formula is C10H19NO. The molecule has 0 spiro atoms. The average molecular weight is 169 g/mol. The van der Waals surface area contributed by atoms with Crippen LogP contribution in [0.2, 0.25) is 0 Å². The summed E-state index contributed by atoms with van der Waals surface area (Å²) in [7, 11) is 0. The molecule has 0 aromatic rings. The van der Waals surface area contributed by atoms with E-state index >= 15 is 0 Å². The van der Waals surface area contributed by atoms with Gasteiger partial charge in [-0.2, -0.15) is 0 Å². The minimum atomic E-state index is 0.0390. The van der Waals surface area contributed by atoms with Gasteiger partial charge in [0.15, 0.2) is 5.78 Å². The fourth-order valence-corrected chi connectivity index (χ4v) is 0.954. The molecule has 0 amide bonds. The first-order valence-corrected chi connectivity index (χ1v) is 4.34. The molecule has 1 N–H and O–H groups in total. The van der Waals surface area contributed by atoms with Gasteiger partial charge < -0.3 is 5.32 Å². The van der Waals surface area contributed by atoms with Crippen molar-refractivity contribution in [2.24, 2.45) is 0 Å². The lowest BCUT2D eigenvalue weighted by molar-refractivity contribution is -0.112. The molecule has 0 rings (SSSR count). The second-order valence-corrected chi connectivity index (χ2v) is 4.01. The molecule has 0 fully saturated rings. The van der Waals surface area contributed by atoms with Gasteiger partial charge in [-0.25, -0.2) is 0 Å². The van der Waals surface area contributed by atoms with E-state index in [1.165, 1.54) is 0 Å². The zero-order valence-corrected chi connectivity index (χ0v) is 8.69. The van der Waals surface area contributed by atoms with E-state index in [2.05, 4.69) is 26.1 Å². The lowest BCUT2D eigenvalue weighted by atomic mass is 10.1. The Kier molecular flexibility index (Phi) is 4.01. The third kappa shape index (κ3) is 5.96. The van der Waals surface area contributed by atoms with E-state index < -0.39 is 0 Å². The van der Waals surface area contributed by atoms with Crippen LogP contribution in [0.3, 0.4) is 0 Å². The summed E-state index contributed by atoms with van der Waals surface area (Å²) in [4.78, 5) is 10.8. The Hall–Kier alpha value is -0.790. The lowest BCUT2D eigenvalue weighted by Crippen LogP contribution is -2.35. The van der Waals surface area contributed by atoms with Crippen molar-refractivity contribution in [1.29, 1.82) is 0 Å². The number of nitrogens with one attached hydrogen (secondary N) is 1. The van der Waals surface area contributed by atoms with Crippen molar-refractivity contribution < 1.29 is 4.79 Å². The van der Waals surface area contributed by atoms with Gasteiger partial charge in [-0.1, -0.05) is 6.92 Å². The third-order valence-corrected chi connectivity index (χ3v) is 1.29.